The Labute approximate surface area is 122 Å². The van der Waals surface area contributed by atoms with Gasteiger partial charge in [0.25, 0.3) is 0 Å². The molecule has 2 rings (SSSR count). The molecule has 0 saturated carbocycles. The second kappa shape index (κ2) is 6.86. The van der Waals surface area contributed by atoms with Crippen LogP contribution in [0.1, 0.15) is 5.56 Å². The topological polar surface area (TPSA) is 51.0 Å². The summed E-state index contributed by atoms with van der Waals surface area (Å²) in [5.74, 6) is 1.38. The molecule has 0 fully saturated rings. The molecule has 0 aromatic heterocycles. The van der Waals surface area contributed by atoms with Crippen LogP contribution in [0.4, 0.5) is 0 Å². The van der Waals surface area contributed by atoms with E-state index in [1.165, 1.54) is 6.21 Å². The van der Waals surface area contributed by atoms with Gasteiger partial charge in [-0.25, -0.2) is 0 Å². The van der Waals surface area contributed by atoms with Crippen LogP contribution in [0.3, 0.4) is 0 Å². The summed E-state index contributed by atoms with van der Waals surface area (Å²) >= 11 is 1.56. The molecule has 0 spiro atoms. The molecule has 2 aromatic rings. The standard InChI is InChI=1S/C15H15NO3S/c1-18-13-8-7-12(9-14(13)19-2)20-15-6-4-3-5-11(15)10-16-17/h3-10,17H,1-2H3. The van der Waals surface area contributed by atoms with Gasteiger partial charge in [-0.3, -0.25) is 0 Å². The van der Waals surface area contributed by atoms with Crippen molar-refractivity contribution in [2.24, 2.45) is 5.16 Å². The predicted octanol–water partition coefficient (Wildman–Crippen LogP) is 3.66. The van der Waals surface area contributed by atoms with Crippen molar-refractivity contribution in [2.75, 3.05) is 14.2 Å². The third-order valence-electron chi connectivity index (χ3n) is 2.70. The van der Waals surface area contributed by atoms with Crippen LogP contribution >= 0.6 is 11.8 Å². The third kappa shape index (κ3) is 3.24. The highest BCUT2D eigenvalue weighted by molar-refractivity contribution is 7.99. The molecule has 2 aromatic carbocycles. The lowest BCUT2D eigenvalue weighted by Gasteiger charge is -2.10. The second-order valence-electron chi connectivity index (χ2n) is 3.90. The van der Waals surface area contributed by atoms with Crippen molar-refractivity contribution in [3.05, 3.63) is 48.0 Å². The Morgan fingerprint density at radius 3 is 2.50 bits per heavy atom. The fourth-order valence-electron chi connectivity index (χ4n) is 1.75. The molecule has 0 saturated heterocycles. The van der Waals surface area contributed by atoms with Gasteiger partial charge in [0.2, 0.25) is 0 Å². The van der Waals surface area contributed by atoms with E-state index in [0.717, 1.165) is 15.4 Å². The van der Waals surface area contributed by atoms with Crippen LogP contribution < -0.4 is 9.47 Å². The zero-order chi connectivity index (χ0) is 14.4. The van der Waals surface area contributed by atoms with Crippen molar-refractivity contribution in [1.29, 1.82) is 0 Å². The van der Waals surface area contributed by atoms with E-state index >= 15 is 0 Å². The van der Waals surface area contributed by atoms with Gasteiger partial charge in [0.1, 0.15) is 0 Å². The van der Waals surface area contributed by atoms with Crippen LogP contribution in [0, 0.1) is 0 Å². The van der Waals surface area contributed by atoms with Gasteiger partial charge in [-0.1, -0.05) is 35.1 Å². The summed E-state index contributed by atoms with van der Waals surface area (Å²) in [5.41, 5.74) is 0.856. The van der Waals surface area contributed by atoms with Crippen molar-refractivity contribution in [2.45, 2.75) is 9.79 Å². The number of nitrogens with zero attached hydrogens (tertiary/aromatic N) is 1. The van der Waals surface area contributed by atoms with E-state index in [1.807, 2.05) is 42.5 Å². The average Bonchev–Trinajstić information content (AvgIpc) is 2.49. The summed E-state index contributed by atoms with van der Waals surface area (Å²) in [4.78, 5) is 2.01. The van der Waals surface area contributed by atoms with Crippen molar-refractivity contribution in [3.8, 4) is 11.5 Å². The lowest BCUT2D eigenvalue weighted by molar-refractivity contribution is 0.322. The fraction of sp³-hybridized carbons (Fsp3) is 0.133. The molecule has 0 aliphatic heterocycles. The fourth-order valence-corrected chi connectivity index (χ4v) is 2.69. The van der Waals surface area contributed by atoms with Gasteiger partial charge in [0.05, 0.1) is 20.4 Å². The molecule has 0 amide bonds. The van der Waals surface area contributed by atoms with E-state index in [0.29, 0.717) is 11.5 Å². The number of ether oxygens (including phenoxy) is 2. The summed E-state index contributed by atoms with van der Waals surface area (Å²) in [6.45, 7) is 0. The van der Waals surface area contributed by atoms with E-state index in [9.17, 15) is 0 Å². The molecule has 0 heterocycles. The summed E-state index contributed by atoms with van der Waals surface area (Å²) in [6.07, 6.45) is 1.42. The maximum Gasteiger partial charge on any atom is 0.161 e. The van der Waals surface area contributed by atoms with Crippen molar-refractivity contribution in [1.82, 2.24) is 0 Å². The highest BCUT2D eigenvalue weighted by atomic mass is 32.2. The molecule has 0 bridgehead atoms. The van der Waals surface area contributed by atoms with Crippen LogP contribution in [0.2, 0.25) is 0 Å². The molecule has 1 N–H and O–H groups in total. The summed E-state index contributed by atoms with van der Waals surface area (Å²) in [6, 6.07) is 13.4. The Morgan fingerprint density at radius 1 is 1.05 bits per heavy atom. The van der Waals surface area contributed by atoms with E-state index in [-0.39, 0.29) is 0 Å². The highest BCUT2D eigenvalue weighted by Crippen LogP contribution is 2.36. The molecule has 4 nitrogen and oxygen atoms in total. The minimum atomic E-state index is 0.686. The van der Waals surface area contributed by atoms with Crippen LogP contribution in [0.5, 0.6) is 11.5 Å². The molecular formula is C15H15NO3S. The number of methoxy groups -OCH3 is 2. The molecule has 20 heavy (non-hydrogen) atoms. The maximum absolute atomic E-state index is 8.68. The minimum absolute atomic E-state index is 0.686. The van der Waals surface area contributed by atoms with Crippen LogP contribution in [0.25, 0.3) is 0 Å². The zero-order valence-electron chi connectivity index (χ0n) is 11.2. The number of oxime groups is 1. The Balaban J connectivity index is 2.30. The van der Waals surface area contributed by atoms with Gasteiger partial charge in [-0.15, -0.1) is 0 Å². The molecule has 0 unspecified atom stereocenters. The maximum atomic E-state index is 8.68. The zero-order valence-corrected chi connectivity index (χ0v) is 12.1. The smallest absolute Gasteiger partial charge is 0.161 e. The normalized spacial score (nSPS) is 10.7. The van der Waals surface area contributed by atoms with Gasteiger partial charge in [-0.05, 0) is 24.3 Å². The number of rotatable bonds is 5. The number of hydrogen-bond acceptors (Lipinski definition) is 5. The first-order valence-electron chi connectivity index (χ1n) is 5.95. The van der Waals surface area contributed by atoms with Crippen molar-refractivity contribution >= 4 is 18.0 Å². The third-order valence-corrected chi connectivity index (χ3v) is 3.78. The van der Waals surface area contributed by atoms with Crippen LogP contribution in [-0.2, 0) is 0 Å². The quantitative estimate of drug-likeness (QED) is 0.518. The van der Waals surface area contributed by atoms with Crippen molar-refractivity contribution in [3.63, 3.8) is 0 Å². The van der Waals surface area contributed by atoms with Gasteiger partial charge in [0.15, 0.2) is 11.5 Å². The summed E-state index contributed by atoms with van der Waals surface area (Å²) in [7, 11) is 3.22. The largest absolute Gasteiger partial charge is 0.493 e. The Kier molecular flexibility index (Phi) is 4.90. The summed E-state index contributed by atoms with van der Waals surface area (Å²) in [5, 5.41) is 11.8. The van der Waals surface area contributed by atoms with Gasteiger partial charge < -0.3 is 14.7 Å². The van der Waals surface area contributed by atoms with E-state index < -0.39 is 0 Å². The second-order valence-corrected chi connectivity index (χ2v) is 5.02. The molecule has 0 atom stereocenters. The lowest BCUT2D eigenvalue weighted by Crippen LogP contribution is -1.91. The van der Waals surface area contributed by atoms with Crippen molar-refractivity contribution < 1.29 is 14.7 Å². The molecule has 104 valence electrons. The van der Waals surface area contributed by atoms with E-state index in [1.54, 1.807) is 26.0 Å². The molecular weight excluding hydrogens is 274 g/mol. The first-order valence-corrected chi connectivity index (χ1v) is 6.76. The predicted molar refractivity (Wildman–Crippen MR) is 79.5 cm³/mol. The molecule has 0 aliphatic rings. The highest BCUT2D eigenvalue weighted by Gasteiger charge is 2.07. The minimum Gasteiger partial charge on any atom is -0.493 e. The molecule has 5 heteroatoms. The average molecular weight is 289 g/mol. The Hall–Kier alpha value is -2.14. The van der Waals surface area contributed by atoms with E-state index in [2.05, 4.69) is 5.16 Å². The number of benzene rings is 2. The number of hydrogen-bond donors (Lipinski definition) is 1. The first-order chi connectivity index (χ1) is 9.78. The van der Waals surface area contributed by atoms with Gasteiger partial charge in [0, 0.05) is 15.4 Å². The first kappa shape index (κ1) is 14.3. The van der Waals surface area contributed by atoms with Crippen LogP contribution in [-0.4, -0.2) is 25.6 Å². The molecule has 0 aliphatic carbocycles. The van der Waals surface area contributed by atoms with Gasteiger partial charge >= 0.3 is 0 Å². The van der Waals surface area contributed by atoms with Gasteiger partial charge in [-0.2, -0.15) is 0 Å². The Bertz CT molecular complexity index is 614. The Morgan fingerprint density at radius 2 is 1.80 bits per heavy atom. The lowest BCUT2D eigenvalue weighted by atomic mass is 10.2. The van der Waals surface area contributed by atoms with Crippen LogP contribution in [0.15, 0.2) is 57.4 Å². The molecule has 0 radical (unpaired) electrons. The SMILES string of the molecule is COc1ccc(Sc2ccccc2C=NO)cc1OC. The summed E-state index contributed by atoms with van der Waals surface area (Å²) < 4.78 is 10.5. The monoisotopic (exact) mass is 289 g/mol. The van der Waals surface area contributed by atoms with E-state index in [4.69, 9.17) is 14.7 Å².